The molecule has 0 radical (unpaired) electrons. The minimum atomic E-state index is -3.21. The third kappa shape index (κ3) is 2.23. The zero-order valence-corrected chi connectivity index (χ0v) is 9.53. The Morgan fingerprint density at radius 3 is 2.36 bits per heavy atom. The molecule has 0 aliphatic carbocycles. The van der Waals surface area contributed by atoms with Crippen molar-refractivity contribution < 1.29 is 13.6 Å². The largest absolute Gasteiger partial charge is 0.440 e. The molecular weight excluding hydrogens is 203 g/mol. The van der Waals surface area contributed by atoms with Crippen molar-refractivity contribution in [1.29, 1.82) is 0 Å². The van der Waals surface area contributed by atoms with Crippen LogP contribution in [0, 0.1) is 6.92 Å². The Balaban J connectivity index is 2.99. The van der Waals surface area contributed by atoms with Crippen LogP contribution in [0.4, 0.5) is 0 Å². The molecule has 0 aromatic carbocycles. The van der Waals surface area contributed by atoms with Gasteiger partial charge in [0.2, 0.25) is 0 Å². The lowest BCUT2D eigenvalue weighted by molar-refractivity contribution is 0.212. The summed E-state index contributed by atoms with van der Waals surface area (Å²) in [5.41, 5.74) is 0.759. The predicted octanol–water partition coefficient (Wildman–Crippen LogP) is 2.22. The van der Waals surface area contributed by atoms with Crippen molar-refractivity contribution in [3.8, 4) is 0 Å². The van der Waals surface area contributed by atoms with Gasteiger partial charge in [0.15, 0.2) is 0 Å². The lowest BCUT2D eigenvalue weighted by Crippen LogP contribution is -2.05. The molecule has 1 aromatic rings. The Labute approximate surface area is 83.6 Å². The van der Waals surface area contributed by atoms with Gasteiger partial charge in [-0.3, -0.25) is 9.05 Å². The second-order valence-corrected chi connectivity index (χ2v) is 4.57. The van der Waals surface area contributed by atoms with Gasteiger partial charge in [0.25, 0.3) is 0 Å². The fourth-order valence-electron chi connectivity index (χ4n) is 1.10. The van der Waals surface area contributed by atoms with Gasteiger partial charge in [0, 0.05) is 11.9 Å². The molecule has 1 aromatic heterocycles. The van der Waals surface area contributed by atoms with Crippen molar-refractivity contribution in [1.82, 2.24) is 9.32 Å². The molecule has 80 valence electrons. The van der Waals surface area contributed by atoms with Gasteiger partial charge >= 0.3 is 7.75 Å². The monoisotopic (exact) mass is 218 g/mol. The molecule has 0 fully saturated rings. The van der Waals surface area contributed by atoms with Gasteiger partial charge < -0.3 is 0 Å². The summed E-state index contributed by atoms with van der Waals surface area (Å²) in [6.45, 7) is 6.04. The molecule has 0 saturated carbocycles. The number of hydrogen-bond donors (Lipinski definition) is 0. The molecule has 0 aliphatic rings. The molecule has 0 amide bonds. The van der Waals surface area contributed by atoms with Crippen molar-refractivity contribution >= 4 is 7.75 Å². The smallest absolute Gasteiger partial charge is 0.292 e. The highest BCUT2D eigenvalue weighted by Gasteiger charge is 2.27. The Morgan fingerprint density at radius 1 is 1.43 bits per heavy atom. The van der Waals surface area contributed by atoms with E-state index in [4.69, 9.17) is 9.05 Å². The minimum absolute atomic E-state index is 0.342. The topological polar surface area (TPSA) is 53.4 Å². The summed E-state index contributed by atoms with van der Waals surface area (Å²) in [4.78, 5) is 3.88. The molecule has 5 nitrogen and oxygen atoms in total. The van der Waals surface area contributed by atoms with Crippen molar-refractivity contribution in [3.05, 3.63) is 18.2 Å². The second-order valence-electron chi connectivity index (χ2n) is 2.68. The number of imidazole rings is 1. The summed E-state index contributed by atoms with van der Waals surface area (Å²) >= 11 is 0. The molecule has 0 spiro atoms. The van der Waals surface area contributed by atoms with E-state index in [1.807, 2.05) is 0 Å². The lowest BCUT2D eigenvalue weighted by Gasteiger charge is -2.18. The van der Waals surface area contributed by atoms with E-state index < -0.39 is 7.75 Å². The predicted molar refractivity (Wildman–Crippen MR) is 53.2 cm³/mol. The third-order valence-electron chi connectivity index (χ3n) is 1.65. The molecule has 14 heavy (non-hydrogen) atoms. The molecule has 1 rings (SSSR count). The summed E-state index contributed by atoms with van der Waals surface area (Å²) < 4.78 is 23.9. The maximum atomic E-state index is 12.2. The minimum Gasteiger partial charge on any atom is -0.292 e. The summed E-state index contributed by atoms with van der Waals surface area (Å²) in [7, 11) is -3.21. The van der Waals surface area contributed by atoms with E-state index in [2.05, 4.69) is 4.98 Å². The van der Waals surface area contributed by atoms with E-state index in [0.717, 1.165) is 5.69 Å². The van der Waals surface area contributed by atoms with Crippen LogP contribution in [0.2, 0.25) is 0 Å². The van der Waals surface area contributed by atoms with Crippen molar-refractivity contribution in [3.63, 3.8) is 0 Å². The van der Waals surface area contributed by atoms with E-state index in [1.165, 1.54) is 10.7 Å². The molecule has 6 heteroatoms. The van der Waals surface area contributed by atoms with E-state index in [9.17, 15) is 4.57 Å². The summed E-state index contributed by atoms with van der Waals surface area (Å²) in [6.07, 6.45) is 3.08. The molecule has 0 aliphatic heterocycles. The summed E-state index contributed by atoms with van der Waals surface area (Å²) in [6, 6.07) is 0. The summed E-state index contributed by atoms with van der Waals surface area (Å²) in [5.74, 6) is 0. The van der Waals surface area contributed by atoms with Gasteiger partial charge in [-0.25, -0.2) is 13.9 Å². The van der Waals surface area contributed by atoms with Crippen LogP contribution in [0.5, 0.6) is 0 Å². The average molecular weight is 218 g/mol. The molecule has 0 bridgehead atoms. The number of rotatable bonds is 5. The van der Waals surface area contributed by atoms with Crippen LogP contribution in [0.3, 0.4) is 0 Å². The van der Waals surface area contributed by atoms with Crippen LogP contribution in [-0.4, -0.2) is 22.5 Å². The first-order valence-electron chi connectivity index (χ1n) is 4.53. The second kappa shape index (κ2) is 4.73. The van der Waals surface area contributed by atoms with Gasteiger partial charge in [0.1, 0.15) is 6.33 Å². The normalized spacial score (nSPS) is 11.9. The van der Waals surface area contributed by atoms with Crippen LogP contribution in [0.25, 0.3) is 0 Å². The van der Waals surface area contributed by atoms with Gasteiger partial charge in [0.05, 0.1) is 13.2 Å². The number of aryl methyl sites for hydroxylation is 1. The number of aromatic nitrogens is 2. The van der Waals surface area contributed by atoms with Crippen molar-refractivity contribution in [2.45, 2.75) is 20.8 Å². The van der Waals surface area contributed by atoms with Crippen molar-refractivity contribution in [2.24, 2.45) is 0 Å². The lowest BCUT2D eigenvalue weighted by atomic mass is 10.6. The average Bonchev–Trinajstić information content (AvgIpc) is 2.52. The zero-order chi connectivity index (χ0) is 10.6. The quantitative estimate of drug-likeness (QED) is 0.711. The van der Waals surface area contributed by atoms with E-state index in [1.54, 1.807) is 27.0 Å². The molecule has 0 saturated heterocycles. The maximum Gasteiger partial charge on any atom is 0.440 e. The van der Waals surface area contributed by atoms with Gasteiger partial charge in [-0.2, -0.15) is 0 Å². The van der Waals surface area contributed by atoms with Crippen LogP contribution < -0.4 is 0 Å². The molecule has 1 heterocycles. The standard InChI is InChI=1S/C8H15N2O3P/c1-4-12-14(11,13-5-2)10-7-9-6-8(10)3/h6-7H,4-5H2,1-3H3. The number of hydrogen-bond acceptors (Lipinski definition) is 4. The van der Waals surface area contributed by atoms with Crippen molar-refractivity contribution in [2.75, 3.05) is 13.2 Å². The van der Waals surface area contributed by atoms with E-state index in [0.29, 0.717) is 13.2 Å². The van der Waals surface area contributed by atoms with Crippen LogP contribution in [-0.2, 0) is 13.6 Å². The fourth-order valence-corrected chi connectivity index (χ4v) is 2.70. The van der Waals surface area contributed by atoms with Crippen LogP contribution in [0.1, 0.15) is 19.5 Å². The summed E-state index contributed by atoms with van der Waals surface area (Å²) in [5, 5.41) is 0. The Kier molecular flexibility index (Phi) is 3.86. The van der Waals surface area contributed by atoms with Gasteiger partial charge in [-0.1, -0.05) is 0 Å². The fraction of sp³-hybridized carbons (Fsp3) is 0.625. The molecular formula is C8H15N2O3P. The maximum absolute atomic E-state index is 12.2. The SMILES string of the molecule is CCOP(=O)(OCC)n1cncc1C. The number of nitrogens with zero attached hydrogens (tertiary/aromatic N) is 2. The molecule has 0 N–H and O–H groups in total. The Hall–Kier alpha value is -0.640. The highest BCUT2D eigenvalue weighted by atomic mass is 31.2. The molecule has 0 atom stereocenters. The third-order valence-corrected chi connectivity index (χ3v) is 3.76. The van der Waals surface area contributed by atoms with Gasteiger partial charge in [-0.05, 0) is 20.8 Å². The van der Waals surface area contributed by atoms with E-state index >= 15 is 0 Å². The highest BCUT2D eigenvalue weighted by Crippen LogP contribution is 2.49. The molecule has 0 unspecified atom stereocenters. The van der Waals surface area contributed by atoms with E-state index in [-0.39, 0.29) is 0 Å². The first kappa shape index (κ1) is 11.4. The Morgan fingerprint density at radius 2 is 2.00 bits per heavy atom. The van der Waals surface area contributed by atoms with Gasteiger partial charge in [-0.15, -0.1) is 0 Å². The first-order valence-corrected chi connectivity index (χ1v) is 6.02. The van der Waals surface area contributed by atoms with Crippen LogP contribution >= 0.6 is 7.75 Å². The zero-order valence-electron chi connectivity index (χ0n) is 8.64. The van der Waals surface area contributed by atoms with Crippen LogP contribution in [0.15, 0.2) is 12.5 Å². The Bertz CT molecular complexity index is 327. The first-order chi connectivity index (χ1) is 6.64. The highest BCUT2D eigenvalue weighted by molar-refractivity contribution is 7.52.